The molecule has 14 heteroatoms. The Morgan fingerprint density at radius 1 is 1.14 bits per heavy atom. The quantitative estimate of drug-likeness (QED) is 0.313. The molecular formula is C28H45N7O6S. The van der Waals surface area contributed by atoms with Crippen molar-refractivity contribution in [3.05, 3.63) is 5.82 Å². The molecule has 2 aliphatic carbocycles. The fraction of sp³-hybridized carbons (Fsp3) is 0.821. The minimum atomic E-state index is -3.55. The lowest BCUT2D eigenvalue weighted by molar-refractivity contribution is -0.144. The minimum absolute atomic E-state index is 0.109. The predicted octanol–water partition coefficient (Wildman–Crippen LogP) is 1.28. The topological polar surface area (TPSA) is 173 Å². The number of ketones is 1. The van der Waals surface area contributed by atoms with E-state index in [-0.39, 0.29) is 24.8 Å². The van der Waals surface area contributed by atoms with Crippen LogP contribution in [0.4, 0.5) is 0 Å². The molecule has 3 aliphatic rings. The number of aryl methyl sites for hydroxylation is 1. The maximum absolute atomic E-state index is 14.1. The van der Waals surface area contributed by atoms with Gasteiger partial charge in [-0.05, 0) is 49.2 Å². The van der Waals surface area contributed by atoms with Crippen LogP contribution in [-0.4, -0.2) is 92.2 Å². The van der Waals surface area contributed by atoms with E-state index in [1.54, 1.807) is 13.8 Å². The van der Waals surface area contributed by atoms with Gasteiger partial charge >= 0.3 is 0 Å². The molecule has 1 saturated heterocycles. The molecule has 1 aromatic rings. The summed E-state index contributed by atoms with van der Waals surface area (Å²) >= 11 is 0. The van der Waals surface area contributed by atoms with E-state index in [2.05, 4.69) is 26.0 Å². The second-order valence-electron chi connectivity index (χ2n) is 13.4. The van der Waals surface area contributed by atoms with Crippen LogP contribution in [0.5, 0.6) is 0 Å². The number of rotatable bonds is 13. The monoisotopic (exact) mass is 607 g/mol. The van der Waals surface area contributed by atoms with E-state index < -0.39 is 67.5 Å². The predicted molar refractivity (Wildman–Crippen MR) is 154 cm³/mol. The van der Waals surface area contributed by atoms with Crippen LogP contribution in [0, 0.1) is 18.3 Å². The largest absolute Gasteiger partial charge is 0.344 e. The van der Waals surface area contributed by atoms with E-state index in [0.29, 0.717) is 37.9 Å². The van der Waals surface area contributed by atoms with Crippen LogP contribution in [0.3, 0.4) is 0 Å². The molecule has 0 spiro atoms. The van der Waals surface area contributed by atoms with Crippen LogP contribution in [-0.2, 0) is 29.0 Å². The molecule has 1 unspecified atom stereocenters. The molecule has 13 nitrogen and oxygen atoms in total. The van der Waals surface area contributed by atoms with Gasteiger partial charge in [-0.1, -0.05) is 47.5 Å². The average Bonchev–Trinajstić information content (AvgIpc) is 3.76. The third-order valence-electron chi connectivity index (χ3n) is 8.66. The zero-order valence-corrected chi connectivity index (χ0v) is 26.4. The number of hydrogen-bond donors (Lipinski definition) is 2. The van der Waals surface area contributed by atoms with E-state index in [9.17, 15) is 27.6 Å². The summed E-state index contributed by atoms with van der Waals surface area (Å²) in [5, 5.41) is 17.6. The minimum Gasteiger partial charge on any atom is -0.344 e. The summed E-state index contributed by atoms with van der Waals surface area (Å²) in [5.74, 6) is -2.07. The van der Waals surface area contributed by atoms with Crippen LogP contribution in [0.1, 0.15) is 97.9 Å². The van der Waals surface area contributed by atoms with E-state index in [4.69, 9.17) is 0 Å². The summed E-state index contributed by atoms with van der Waals surface area (Å²) in [6.07, 6.45) is 4.52. The molecule has 234 valence electrons. The summed E-state index contributed by atoms with van der Waals surface area (Å²) in [6.45, 7) is 11.2. The number of carbonyl (C=O) groups is 4. The van der Waals surface area contributed by atoms with Gasteiger partial charge in [-0.3, -0.25) is 19.2 Å². The molecule has 1 aliphatic heterocycles. The van der Waals surface area contributed by atoms with Gasteiger partial charge in [-0.15, -0.1) is 10.2 Å². The molecule has 2 heterocycles. The van der Waals surface area contributed by atoms with Crippen molar-refractivity contribution >= 4 is 33.3 Å². The van der Waals surface area contributed by atoms with Crippen molar-refractivity contribution in [2.24, 2.45) is 11.3 Å². The molecule has 5 atom stereocenters. The Labute approximate surface area is 247 Å². The summed E-state index contributed by atoms with van der Waals surface area (Å²) in [5.41, 5.74) is -1.93. The van der Waals surface area contributed by atoms with Crippen LogP contribution < -0.4 is 10.6 Å². The highest BCUT2D eigenvalue weighted by Gasteiger charge is 2.60. The van der Waals surface area contributed by atoms with Crippen molar-refractivity contribution in [2.75, 3.05) is 12.3 Å². The second kappa shape index (κ2) is 12.0. The molecule has 0 radical (unpaired) electrons. The SMILES string of the molecule is CCCCCC(=O)N[C@H](C(=O)N1C[C@H](n2nnc(C)n2)C[C@H]1C(=O)NC1(C(=O)CS(=O)(=O)C2CC2)C[C@H]1C)C(C)(C)C. The molecule has 4 rings (SSSR count). The molecule has 3 fully saturated rings. The Balaban J connectivity index is 1.56. The number of sulfone groups is 1. The zero-order chi connectivity index (χ0) is 31.0. The van der Waals surface area contributed by atoms with Crippen molar-refractivity contribution in [3.63, 3.8) is 0 Å². The van der Waals surface area contributed by atoms with E-state index in [0.717, 1.165) is 12.8 Å². The second-order valence-corrected chi connectivity index (χ2v) is 15.7. The van der Waals surface area contributed by atoms with E-state index in [1.165, 1.54) is 9.70 Å². The summed E-state index contributed by atoms with van der Waals surface area (Å²) in [6, 6.07) is -2.33. The first-order valence-corrected chi connectivity index (χ1v) is 16.7. The van der Waals surface area contributed by atoms with Crippen LogP contribution >= 0.6 is 0 Å². The number of amides is 3. The first-order valence-electron chi connectivity index (χ1n) is 15.0. The molecule has 0 aromatic carbocycles. The first-order chi connectivity index (χ1) is 19.6. The normalized spacial score (nSPS) is 26.5. The molecule has 2 N–H and O–H groups in total. The number of hydrogen-bond acceptors (Lipinski definition) is 9. The number of nitrogens with zero attached hydrogens (tertiary/aromatic N) is 5. The molecule has 1 aromatic heterocycles. The summed E-state index contributed by atoms with van der Waals surface area (Å²) in [7, 11) is -3.55. The van der Waals surface area contributed by atoms with Gasteiger partial charge in [-0.2, -0.15) is 4.80 Å². The van der Waals surface area contributed by atoms with Crippen molar-refractivity contribution < 1.29 is 27.6 Å². The number of Topliss-reactive ketones (excluding diaryl/α,β-unsaturated/α-hetero) is 1. The van der Waals surface area contributed by atoms with Gasteiger partial charge in [0, 0.05) is 19.4 Å². The van der Waals surface area contributed by atoms with Crippen molar-refractivity contribution in [3.8, 4) is 0 Å². The lowest BCUT2D eigenvalue weighted by atomic mass is 9.85. The smallest absolute Gasteiger partial charge is 0.246 e. The number of carbonyl (C=O) groups excluding carboxylic acids is 4. The first kappa shape index (κ1) is 32.0. The van der Waals surface area contributed by atoms with Gasteiger partial charge in [0.05, 0.1) is 11.3 Å². The zero-order valence-electron chi connectivity index (χ0n) is 25.6. The molecule has 2 saturated carbocycles. The Bertz CT molecular complexity index is 1320. The highest BCUT2D eigenvalue weighted by molar-refractivity contribution is 7.93. The fourth-order valence-corrected chi connectivity index (χ4v) is 7.44. The Morgan fingerprint density at radius 3 is 2.33 bits per heavy atom. The number of likely N-dealkylation sites (tertiary alicyclic amines) is 1. The van der Waals surface area contributed by atoms with Crippen LogP contribution in [0.25, 0.3) is 0 Å². The average molecular weight is 608 g/mol. The molecule has 42 heavy (non-hydrogen) atoms. The van der Waals surface area contributed by atoms with Crippen molar-refractivity contribution in [1.82, 2.24) is 35.7 Å². The highest BCUT2D eigenvalue weighted by atomic mass is 32.2. The highest BCUT2D eigenvalue weighted by Crippen LogP contribution is 2.45. The molecular weight excluding hydrogens is 562 g/mol. The summed E-state index contributed by atoms with van der Waals surface area (Å²) in [4.78, 5) is 56.9. The third-order valence-corrected chi connectivity index (χ3v) is 10.8. The van der Waals surface area contributed by atoms with Crippen molar-refractivity contribution in [1.29, 1.82) is 0 Å². The lowest BCUT2D eigenvalue weighted by Gasteiger charge is -2.35. The Morgan fingerprint density at radius 2 is 1.81 bits per heavy atom. The Kier molecular flexibility index (Phi) is 9.15. The number of tetrazole rings is 1. The standard InChI is InChI=1S/C28H45N7O6S/c1-7-8-9-10-23(37)29-24(27(4,5)6)26(39)34-15-19(35-32-18(3)31-33-35)13-21(34)25(38)30-28(14-17(28)2)22(36)16-42(40,41)20-11-12-20/h17,19-21,24H,7-16H2,1-6H3,(H,29,37)(H,30,38)/t17-,19-,21+,24-,28?/m1/s1. The number of unbranched alkanes of at least 4 members (excludes halogenated alkanes) is 2. The third kappa shape index (κ3) is 7.00. The summed E-state index contributed by atoms with van der Waals surface area (Å²) < 4.78 is 25.1. The van der Waals surface area contributed by atoms with Gasteiger partial charge in [0.15, 0.2) is 21.4 Å². The molecule has 3 amide bonds. The lowest BCUT2D eigenvalue weighted by Crippen LogP contribution is -2.59. The maximum atomic E-state index is 14.1. The van der Waals surface area contributed by atoms with Gasteiger partial charge in [0.1, 0.15) is 23.4 Å². The Hall–Kier alpha value is -2.90. The van der Waals surface area contributed by atoms with E-state index >= 15 is 0 Å². The van der Waals surface area contributed by atoms with Gasteiger partial charge in [0.25, 0.3) is 0 Å². The van der Waals surface area contributed by atoms with Crippen molar-refractivity contribution in [2.45, 2.75) is 122 Å². The fourth-order valence-electron chi connectivity index (χ4n) is 5.73. The number of nitrogens with one attached hydrogen (secondary N) is 2. The van der Waals surface area contributed by atoms with Gasteiger partial charge < -0.3 is 15.5 Å². The maximum Gasteiger partial charge on any atom is 0.246 e. The van der Waals surface area contributed by atoms with Crippen LogP contribution in [0.15, 0.2) is 0 Å². The van der Waals surface area contributed by atoms with Crippen LogP contribution in [0.2, 0.25) is 0 Å². The number of aromatic nitrogens is 4. The molecule has 0 bridgehead atoms. The van der Waals surface area contributed by atoms with Gasteiger partial charge in [0.2, 0.25) is 17.7 Å². The van der Waals surface area contributed by atoms with E-state index in [1.807, 2.05) is 27.7 Å². The van der Waals surface area contributed by atoms with Gasteiger partial charge in [-0.25, -0.2) is 8.42 Å².